The second-order valence-corrected chi connectivity index (χ2v) is 5.78. The third-order valence-corrected chi connectivity index (χ3v) is 3.91. The van der Waals surface area contributed by atoms with Crippen LogP contribution in [0.1, 0.15) is 17.3 Å². The lowest BCUT2D eigenvalue weighted by atomic mass is 10.1. The minimum Gasteiger partial charge on any atom is -0.462 e. The van der Waals surface area contributed by atoms with Crippen LogP contribution in [-0.4, -0.2) is 17.7 Å². The number of rotatable bonds is 4. The fourth-order valence-corrected chi connectivity index (χ4v) is 2.81. The lowest BCUT2D eigenvalue weighted by Crippen LogP contribution is -2.21. The van der Waals surface area contributed by atoms with E-state index in [1.165, 1.54) is 0 Å². The second kappa shape index (κ2) is 7.77. The van der Waals surface area contributed by atoms with Gasteiger partial charge in [-0.25, -0.2) is 4.79 Å². The molecular formula is C20H18N2O2S. The quantitative estimate of drug-likeness (QED) is 0.522. The topological polar surface area (TPSA) is 50.4 Å². The van der Waals surface area contributed by atoms with Gasteiger partial charge in [-0.15, -0.1) is 0 Å². The van der Waals surface area contributed by atoms with Crippen molar-refractivity contribution in [2.75, 3.05) is 17.2 Å². The van der Waals surface area contributed by atoms with Crippen LogP contribution in [0.5, 0.6) is 0 Å². The van der Waals surface area contributed by atoms with Crippen molar-refractivity contribution in [3.05, 3.63) is 72.3 Å². The standard InChI is InChI=1S/C20H18N2O2S/c1-2-24-19(23)16-11-5-6-12-18(16)22-20(25)21-17-13-7-9-14-8-3-4-10-15(14)17/h3-13H,2H2,1H3,(H2,21,22,25). The van der Waals surface area contributed by atoms with Crippen molar-refractivity contribution in [2.24, 2.45) is 0 Å². The minimum absolute atomic E-state index is 0.325. The molecule has 25 heavy (non-hydrogen) atoms. The first-order chi connectivity index (χ1) is 12.2. The normalized spacial score (nSPS) is 10.3. The minimum atomic E-state index is -0.376. The van der Waals surface area contributed by atoms with Gasteiger partial charge in [0.05, 0.1) is 17.9 Å². The van der Waals surface area contributed by atoms with E-state index >= 15 is 0 Å². The number of hydrogen-bond donors (Lipinski definition) is 2. The van der Waals surface area contributed by atoms with E-state index in [4.69, 9.17) is 17.0 Å². The lowest BCUT2D eigenvalue weighted by Gasteiger charge is -2.14. The highest BCUT2D eigenvalue weighted by molar-refractivity contribution is 7.80. The molecule has 0 atom stereocenters. The Balaban J connectivity index is 1.80. The predicted molar refractivity (Wildman–Crippen MR) is 106 cm³/mol. The van der Waals surface area contributed by atoms with Crippen molar-refractivity contribution in [2.45, 2.75) is 6.92 Å². The first-order valence-electron chi connectivity index (χ1n) is 8.01. The Hall–Kier alpha value is -2.92. The number of carbonyl (C=O) groups excluding carboxylic acids is 1. The van der Waals surface area contributed by atoms with Crippen molar-refractivity contribution >= 4 is 45.4 Å². The van der Waals surface area contributed by atoms with Crippen LogP contribution in [0.25, 0.3) is 10.8 Å². The molecule has 5 heteroatoms. The SMILES string of the molecule is CCOC(=O)c1ccccc1NC(=S)Nc1cccc2ccccc12. The highest BCUT2D eigenvalue weighted by Crippen LogP contribution is 2.23. The Bertz CT molecular complexity index is 919. The van der Waals surface area contributed by atoms with Gasteiger partial charge in [0, 0.05) is 11.1 Å². The van der Waals surface area contributed by atoms with Crippen molar-refractivity contribution in [1.29, 1.82) is 0 Å². The van der Waals surface area contributed by atoms with Crippen LogP contribution in [0.3, 0.4) is 0 Å². The molecule has 0 fully saturated rings. The number of nitrogens with one attached hydrogen (secondary N) is 2. The average molecular weight is 350 g/mol. The van der Waals surface area contributed by atoms with E-state index in [-0.39, 0.29) is 5.97 Å². The van der Waals surface area contributed by atoms with Gasteiger partial charge in [0.15, 0.2) is 5.11 Å². The largest absolute Gasteiger partial charge is 0.462 e. The summed E-state index contributed by atoms with van der Waals surface area (Å²) >= 11 is 5.42. The highest BCUT2D eigenvalue weighted by atomic mass is 32.1. The van der Waals surface area contributed by atoms with Gasteiger partial charge >= 0.3 is 5.97 Å². The molecule has 0 heterocycles. The average Bonchev–Trinajstić information content (AvgIpc) is 2.62. The molecule has 0 aromatic heterocycles. The number of ether oxygens (including phenoxy) is 1. The van der Waals surface area contributed by atoms with E-state index in [1.54, 1.807) is 25.1 Å². The third-order valence-electron chi connectivity index (χ3n) is 3.71. The lowest BCUT2D eigenvalue weighted by molar-refractivity contribution is 0.0527. The molecule has 0 radical (unpaired) electrons. The number of benzene rings is 3. The van der Waals surface area contributed by atoms with Gasteiger partial charge in [-0.2, -0.15) is 0 Å². The van der Waals surface area contributed by atoms with Crippen LogP contribution in [0.4, 0.5) is 11.4 Å². The van der Waals surface area contributed by atoms with Gasteiger partial charge in [-0.1, -0.05) is 48.5 Å². The van der Waals surface area contributed by atoms with Gasteiger partial charge < -0.3 is 15.4 Å². The van der Waals surface area contributed by atoms with Crippen molar-refractivity contribution in [3.8, 4) is 0 Å². The molecule has 0 aliphatic carbocycles. The van der Waals surface area contributed by atoms with Crippen molar-refractivity contribution < 1.29 is 9.53 Å². The predicted octanol–water partition coefficient (Wildman–Crippen LogP) is 4.83. The number of fused-ring (bicyclic) bond motifs is 1. The van der Waals surface area contributed by atoms with E-state index in [1.807, 2.05) is 48.5 Å². The molecule has 0 bridgehead atoms. The second-order valence-electron chi connectivity index (χ2n) is 5.37. The van der Waals surface area contributed by atoms with Crippen molar-refractivity contribution in [3.63, 3.8) is 0 Å². The number of hydrogen-bond acceptors (Lipinski definition) is 3. The molecule has 3 rings (SSSR count). The molecular weight excluding hydrogens is 332 g/mol. The molecule has 0 amide bonds. The molecule has 0 saturated carbocycles. The van der Waals surface area contributed by atoms with Gasteiger partial charge in [0.25, 0.3) is 0 Å². The summed E-state index contributed by atoms with van der Waals surface area (Å²) in [5.74, 6) is -0.376. The smallest absolute Gasteiger partial charge is 0.340 e. The number of esters is 1. The molecule has 0 saturated heterocycles. The van der Waals surface area contributed by atoms with Crippen LogP contribution in [0.15, 0.2) is 66.7 Å². The number of thiocarbonyl (C=S) groups is 1. The summed E-state index contributed by atoms with van der Waals surface area (Å²) in [6, 6.07) is 21.2. The molecule has 0 aliphatic heterocycles. The summed E-state index contributed by atoms with van der Waals surface area (Å²) in [5.41, 5.74) is 1.97. The maximum Gasteiger partial charge on any atom is 0.340 e. The Morgan fingerprint density at radius 1 is 0.920 bits per heavy atom. The summed E-state index contributed by atoms with van der Waals surface area (Å²) in [4.78, 5) is 12.1. The molecule has 4 nitrogen and oxygen atoms in total. The number of anilines is 2. The fourth-order valence-electron chi connectivity index (χ4n) is 2.59. The zero-order chi connectivity index (χ0) is 17.6. The van der Waals surface area contributed by atoms with Gasteiger partial charge in [-0.05, 0) is 42.7 Å². The number of para-hydroxylation sites is 1. The zero-order valence-corrected chi connectivity index (χ0v) is 14.6. The molecule has 3 aromatic carbocycles. The maximum atomic E-state index is 12.1. The summed E-state index contributed by atoms with van der Waals surface area (Å²) < 4.78 is 5.08. The van der Waals surface area contributed by atoms with Crippen LogP contribution < -0.4 is 10.6 Å². The van der Waals surface area contributed by atoms with Crippen LogP contribution in [0, 0.1) is 0 Å². The third kappa shape index (κ3) is 3.95. The van der Waals surface area contributed by atoms with Gasteiger partial charge in [0.2, 0.25) is 0 Å². The number of carbonyl (C=O) groups is 1. The Morgan fingerprint density at radius 3 is 2.40 bits per heavy atom. The van der Waals surface area contributed by atoms with E-state index in [0.717, 1.165) is 16.5 Å². The molecule has 2 N–H and O–H groups in total. The summed E-state index contributed by atoms with van der Waals surface area (Å²) in [6.45, 7) is 2.10. The first kappa shape index (κ1) is 16.9. The maximum absolute atomic E-state index is 12.1. The summed E-state index contributed by atoms with van der Waals surface area (Å²) in [5, 5.41) is 8.90. The monoisotopic (exact) mass is 350 g/mol. The van der Waals surface area contributed by atoms with Crippen LogP contribution in [-0.2, 0) is 4.74 Å². The van der Waals surface area contributed by atoms with Crippen molar-refractivity contribution in [1.82, 2.24) is 0 Å². The molecule has 0 unspecified atom stereocenters. The molecule has 3 aromatic rings. The molecule has 0 spiro atoms. The zero-order valence-electron chi connectivity index (χ0n) is 13.8. The summed E-state index contributed by atoms with van der Waals surface area (Å²) in [6.07, 6.45) is 0. The fraction of sp³-hybridized carbons (Fsp3) is 0.100. The molecule has 0 aliphatic rings. The van der Waals surface area contributed by atoms with E-state index in [0.29, 0.717) is 23.0 Å². The van der Waals surface area contributed by atoms with E-state index in [9.17, 15) is 4.79 Å². The first-order valence-corrected chi connectivity index (χ1v) is 8.42. The Kier molecular flexibility index (Phi) is 5.26. The Morgan fingerprint density at radius 2 is 1.56 bits per heavy atom. The highest BCUT2D eigenvalue weighted by Gasteiger charge is 2.13. The molecule has 126 valence electrons. The Labute approximate surface area is 151 Å². The van der Waals surface area contributed by atoms with E-state index in [2.05, 4.69) is 10.6 Å². The van der Waals surface area contributed by atoms with Crippen LogP contribution in [0.2, 0.25) is 0 Å². The van der Waals surface area contributed by atoms with Crippen LogP contribution >= 0.6 is 12.2 Å². The van der Waals surface area contributed by atoms with E-state index < -0.39 is 0 Å². The summed E-state index contributed by atoms with van der Waals surface area (Å²) in [7, 11) is 0. The van der Waals surface area contributed by atoms with Gasteiger partial charge in [-0.3, -0.25) is 0 Å². The van der Waals surface area contributed by atoms with Gasteiger partial charge in [0.1, 0.15) is 0 Å².